The fourth-order valence-corrected chi connectivity index (χ4v) is 1.64. The number of nitrogens with zero attached hydrogens (tertiary/aromatic N) is 1. The number of benzene rings is 1. The van der Waals surface area contributed by atoms with Gasteiger partial charge in [-0.05, 0) is 30.5 Å². The molecule has 18 heavy (non-hydrogen) atoms. The van der Waals surface area contributed by atoms with Crippen molar-refractivity contribution in [3.8, 4) is 0 Å². The van der Waals surface area contributed by atoms with Gasteiger partial charge < -0.3 is 16.3 Å². The Morgan fingerprint density at radius 3 is 2.44 bits per heavy atom. The predicted molar refractivity (Wildman–Crippen MR) is 76.1 cm³/mol. The second kappa shape index (κ2) is 6.28. The van der Waals surface area contributed by atoms with Crippen LogP contribution in [0, 0.1) is 5.41 Å². The maximum atomic E-state index is 8.69. The zero-order chi connectivity index (χ0) is 13.6. The Kier molecular flexibility index (Phi) is 5.01. The number of anilines is 1. The van der Waals surface area contributed by atoms with E-state index in [4.69, 9.17) is 10.9 Å². The highest BCUT2D eigenvalue weighted by molar-refractivity contribution is 5.85. The minimum absolute atomic E-state index is 0.269. The van der Waals surface area contributed by atoms with Crippen LogP contribution in [0.5, 0.6) is 0 Å². The molecule has 0 saturated heterocycles. The van der Waals surface area contributed by atoms with Crippen molar-refractivity contribution < 1.29 is 5.21 Å². The molecule has 0 radical (unpaired) electrons. The molecule has 0 atom stereocenters. The van der Waals surface area contributed by atoms with Gasteiger partial charge in [0.1, 0.15) is 5.84 Å². The molecule has 4 N–H and O–H groups in total. The summed E-state index contributed by atoms with van der Waals surface area (Å²) >= 11 is 0. The number of amidine groups is 1. The Morgan fingerprint density at radius 2 is 1.94 bits per heavy atom. The van der Waals surface area contributed by atoms with E-state index in [0.717, 1.165) is 25.1 Å². The van der Waals surface area contributed by atoms with Crippen LogP contribution in [0.15, 0.2) is 29.4 Å². The maximum Gasteiger partial charge on any atom is 0.144 e. The molecule has 100 valence electrons. The summed E-state index contributed by atoms with van der Waals surface area (Å²) in [7, 11) is 0. The van der Waals surface area contributed by atoms with Gasteiger partial charge in [-0.25, -0.2) is 0 Å². The summed E-state index contributed by atoms with van der Waals surface area (Å²) in [4.78, 5) is 0. The van der Waals surface area contributed by atoms with Crippen LogP contribution in [0.2, 0.25) is 0 Å². The van der Waals surface area contributed by atoms with Gasteiger partial charge in [0.15, 0.2) is 0 Å². The van der Waals surface area contributed by atoms with Gasteiger partial charge in [-0.1, -0.05) is 38.1 Å². The molecular weight excluding hydrogens is 226 g/mol. The van der Waals surface area contributed by atoms with E-state index in [1.807, 2.05) is 13.8 Å². The van der Waals surface area contributed by atoms with Crippen LogP contribution < -0.4 is 11.1 Å². The highest BCUT2D eigenvalue weighted by Crippen LogP contribution is 2.20. The van der Waals surface area contributed by atoms with Crippen molar-refractivity contribution in [1.82, 2.24) is 0 Å². The first-order valence-corrected chi connectivity index (χ1v) is 6.30. The fourth-order valence-electron chi connectivity index (χ4n) is 1.64. The zero-order valence-electron chi connectivity index (χ0n) is 11.4. The summed E-state index contributed by atoms with van der Waals surface area (Å²) in [6.07, 6.45) is 1.86. The second-order valence-electron chi connectivity index (χ2n) is 5.10. The first kappa shape index (κ1) is 14.4. The molecule has 1 aromatic carbocycles. The first-order valence-electron chi connectivity index (χ1n) is 6.30. The molecule has 0 amide bonds. The van der Waals surface area contributed by atoms with Crippen LogP contribution in [0.1, 0.15) is 32.8 Å². The van der Waals surface area contributed by atoms with Crippen molar-refractivity contribution in [2.24, 2.45) is 16.3 Å². The van der Waals surface area contributed by atoms with Crippen LogP contribution in [0.4, 0.5) is 5.69 Å². The molecule has 0 aliphatic heterocycles. The smallest absolute Gasteiger partial charge is 0.144 e. The number of aryl methyl sites for hydroxylation is 1. The average molecular weight is 249 g/mol. The van der Waals surface area contributed by atoms with Gasteiger partial charge in [-0.2, -0.15) is 0 Å². The lowest BCUT2D eigenvalue weighted by atomic mass is 9.88. The highest BCUT2D eigenvalue weighted by Gasteiger charge is 2.22. The highest BCUT2D eigenvalue weighted by atomic mass is 16.4. The molecule has 0 aromatic heterocycles. The van der Waals surface area contributed by atoms with Crippen LogP contribution in [-0.2, 0) is 6.42 Å². The van der Waals surface area contributed by atoms with Crippen molar-refractivity contribution in [2.45, 2.75) is 33.6 Å². The molecular formula is C14H23N3O. The fraction of sp³-hybridized carbons (Fsp3) is 0.500. The van der Waals surface area contributed by atoms with E-state index in [-0.39, 0.29) is 11.3 Å². The molecule has 0 aliphatic carbocycles. The van der Waals surface area contributed by atoms with Gasteiger partial charge >= 0.3 is 0 Å². The van der Waals surface area contributed by atoms with Gasteiger partial charge in [0, 0.05) is 17.6 Å². The van der Waals surface area contributed by atoms with Gasteiger partial charge in [0.2, 0.25) is 0 Å². The largest absolute Gasteiger partial charge is 0.409 e. The van der Waals surface area contributed by atoms with Crippen LogP contribution >= 0.6 is 0 Å². The molecule has 4 heteroatoms. The first-order chi connectivity index (χ1) is 8.49. The van der Waals surface area contributed by atoms with Crippen molar-refractivity contribution in [2.75, 3.05) is 11.9 Å². The summed E-state index contributed by atoms with van der Waals surface area (Å²) < 4.78 is 0. The predicted octanol–water partition coefficient (Wildman–Crippen LogP) is 2.82. The quantitative estimate of drug-likeness (QED) is 0.314. The third-order valence-electron chi connectivity index (χ3n) is 3.24. The third kappa shape index (κ3) is 3.95. The van der Waals surface area contributed by atoms with Gasteiger partial charge in [-0.15, -0.1) is 0 Å². The third-order valence-corrected chi connectivity index (χ3v) is 3.24. The average Bonchev–Trinajstić information content (AvgIpc) is 2.38. The summed E-state index contributed by atoms with van der Waals surface area (Å²) in [5.74, 6) is 0.269. The van der Waals surface area contributed by atoms with E-state index in [1.54, 1.807) is 0 Å². The molecule has 1 rings (SSSR count). The standard InChI is InChI=1S/C14H23N3O/c1-4-11-5-7-12(8-6-11)16-10-9-14(2,3)13(15)17-18/h5-8,16,18H,4,9-10H2,1-3H3,(H2,15,17). The topological polar surface area (TPSA) is 70.6 Å². The summed E-state index contributed by atoms with van der Waals surface area (Å²) in [6, 6.07) is 8.40. The Bertz CT molecular complexity index is 396. The number of nitrogens with one attached hydrogen (secondary N) is 1. The van der Waals surface area contributed by atoms with Crippen LogP contribution in [0.25, 0.3) is 0 Å². The zero-order valence-corrected chi connectivity index (χ0v) is 11.4. The van der Waals surface area contributed by atoms with Crippen molar-refractivity contribution in [3.05, 3.63) is 29.8 Å². The van der Waals surface area contributed by atoms with E-state index in [1.165, 1.54) is 5.56 Å². The Labute approximate surface area is 109 Å². The maximum absolute atomic E-state index is 8.69. The number of oxime groups is 1. The summed E-state index contributed by atoms with van der Waals surface area (Å²) in [6.45, 7) is 6.85. The SMILES string of the molecule is CCc1ccc(NCCC(C)(C)C(N)=NO)cc1. The molecule has 0 spiro atoms. The molecule has 0 unspecified atom stereocenters. The van der Waals surface area contributed by atoms with Crippen molar-refractivity contribution in [1.29, 1.82) is 0 Å². The minimum Gasteiger partial charge on any atom is -0.409 e. The number of hydrogen-bond acceptors (Lipinski definition) is 3. The Morgan fingerprint density at radius 1 is 1.33 bits per heavy atom. The molecule has 1 aromatic rings. The molecule has 0 saturated carbocycles. The van der Waals surface area contributed by atoms with Gasteiger partial charge in [0.05, 0.1) is 0 Å². The lowest BCUT2D eigenvalue weighted by molar-refractivity contribution is 0.306. The van der Waals surface area contributed by atoms with Gasteiger partial charge in [0.25, 0.3) is 0 Å². The van der Waals surface area contributed by atoms with E-state index < -0.39 is 0 Å². The van der Waals surface area contributed by atoms with E-state index in [2.05, 4.69) is 41.7 Å². The number of nitrogens with two attached hydrogens (primary N) is 1. The van der Waals surface area contributed by atoms with Gasteiger partial charge in [-0.3, -0.25) is 0 Å². The van der Waals surface area contributed by atoms with Crippen LogP contribution in [-0.4, -0.2) is 17.6 Å². The minimum atomic E-state index is -0.300. The van der Waals surface area contributed by atoms with Crippen molar-refractivity contribution in [3.63, 3.8) is 0 Å². The Hall–Kier alpha value is -1.71. The Balaban J connectivity index is 2.46. The van der Waals surface area contributed by atoms with Crippen molar-refractivity contribution >= 4 is 11.5 Å². The molecule has 0 heterocycles. The second-order valence-corrected chi connectivity index (χ2v) is 5.10. The monoisotopic (exact) mass is 249 g/mol. The molecule has 0 bridgehead atoms. The van der Waals surface area contributed by atoms with Crippen LogP contribution in [0.3, 0.4) is 0 Å². The number of rotatable bonds is 6. The van der Waals surface area contributed by atoms with E-state index >= 15 is 0 Å². The molecule has 0 fully saturated rings. The summed E-state index contributed by atoms with van der Waals surface area (Å²) in [5.41, 5.74) is 7.77. The van der Waals surface area contributed by atoms with E-state index in [9.17, 15) is 0 Å². The lowest BCUT2D eigenvalue weighted by Crippen LogP contribution is -2.33. The lowest BCUT2D eigenvalue weighted by Gasteiger charge is -2.23. The normalized spacial score (nSPS) is 12.5. The number of hydrogen-bond donors (Lipinski definition) is 3. The van der Waals surface area contributed by atoms with E-state index in [0.29, 0.717) is 0 Å². The molecule has 0 aliphatic rings. The summed E-state index contributed by atoms with van der Waals surface area (Å²) in [5, 5.41) is 15.1. The molecule has 4 nitrogen and oxygen atoms in total.